The average Bonchev–Trinajstić information content (AvgIpc) is 2.52. The number of amides is 2. The predicted molar refractivity (Wildman–Crippen MR) is 82.7 cm³/mol. The van der Waals surface area contributed by atoms with E-state index in [0.717, 1.165) is 44.5 Å². The van der Waals surface area contributed by atoms with Gasteiger partial charge in [-0.2, -0.15) is 0 Å². The second-order valence-corrected chi connectivity index (χ2v) is 6.27. The monoisotopic (exact) mass is 301 g/mol. The standard InChI is InChI=1S/C17H23N3O2/c21-16(19-12-15-6-1-2-9-18-15)13-7-10-20(11-8-13)17(22)14-4-3-5-14/h1-2,6,9,13-14H,3-5,7-8,10-12H2,(H,19,21). The van der Waals surface area contributed by atoms with Gasteiger partial charge >= 0.3 is 0 Å². The minimum atomic E-state index is 0.0224. The van der Waals surface area contributed by atoms with Crippen LogP contribution in [0.1, 0.15) is 37.8 Å². The molecule has 1 N–H and O–H groups in total. The van der Waals surface area contributed by atoms with Crippen molar-refractivity contribution in [2.24, 2.45) is 11.8 Å². The number of likely N-dealkylation sites (tertiary alicyclic amines) is 1. The predicted octanol–water partition coefficient (Wildman–Crippen LogP) is 1.74. The van der Waals surface area contributed by atoms with Crippen LogP contribution in [0.2, 0.25) is 0 Å². The smallest absolute Gasteiger partial charge is 0.225 e. The number of nitrogens with one attached hydrogen (secondary N) is 1. The van der Waals surface area contributed by atoms with Gasteiger partial charge in [0.05, 0.1) is 12.2 Å². The Morgan fingerprint density at radius 2 is 1.91 bits per heavy atom. The highest BCUT2D eigenvalue weighted by molar-refractivity contribution is 5.81. The van der Waals surface area contributed by atoms with E-state index in [2.05, 4.69) is 10.3 Å². The molecule has 2 fully saturated rings. The Morgan fingerprint density at radius 3 is 2.50 bits per heavy atom. The number of pyridine rings is 1. The Morgan fingerprint density at radius 1 is 1.14 bits per heavy atom. The summed E-state index contributed by atoms with van der Waals surface area (Å²) < 4.78 is 0. The van der Waals surface area contributed by atoms with Gasteiger partial charge in [0.15, 0.2) is 0 Å². The third-order valence-electron chi connectivity index (χ3n) is 4.80. The molecule has 1 aliphatic carbocycles. The van der Waals surface area contributed by atoms with Crippen molar-refractivity contribution >= 4 is 11.8 Å². The lowest BCUT2D eigenvalue weighted by atomic mass is 9.83. The van der Waals surface area contributed by atoms with Gasteiger partial charge in [-0.05, 0) is 37.8 Å². The molecule has 0 unspecified atom stereocenters. The van der Waals surface area contributed by atoms with E-state index in [4.69, 9.17) is 0 Å². The highest BCUT2D eigenvalue weighted by Gasteiger charge is 2.33. The number of nitrogens with zero attached hydrogens (tertiary/aromatic N) is 2. The van der Waals surface area contributed by atoms with E-state index in [-0.39, 0.29) is 17.7 Å². The first kappa shape index (κ1) is 15.0. The Balaban J connectivity index is 1.42. The SMILES string of the molecule is O=C(NCc1ccccn1)C1CCN(C(=O)C2CCC2)CC1. The molecule has 1 saturated carbocycles. The van der Waals surface area contributed by atoms with Gasteiger partial charge in [0.2, 0.25) is 11.8 Å². The molecular weight excluding hydrogens is 278 g/mol. The minimum Gasteiger partial charge on any atom is -0.350 e. The lowest BCUT2D eigenvalue weighted by Gasteiger charge is -2.36. The van der Waals surface area contributed by atoms with Crippen LogP contribution in [-0.4, -0.2) is 34.8 Å². The molecule has 0 spiro atoms. The average molecular weight is 301 g/mol. The van der Waals surface area contributed by atoms with Crippen molar-refractivity contribution in [1.29, 1.82) is 0 Å². The molecular formula is C17H23N3O2. The molecule has 1 saturated heterocycles. The second-order valence-electron chi connectivity index (χ2n) is 6.27. The van der Waals surface area contributed by atoms with Gasteiger partial charge in [-0.15, -0.1) is 0 Å². The van der Waals surface area contributed by atoms with Gasteiger partial charge < -0.3 is 10.2 Å². The normalized spacial score (nSPS) is 19.5. The third-order valence-corrected chi connectivity index (χ3v) is 4.80. The molecule has 2 amide bonds. The highest BCUT2D eigenvalue weighted by atomic mass is 16.2. The van der Waals surface area contributed by atoms with Crippen molar-refractivity contribution in [3.63, 3.8) is 0 Å². The number of carbonyl (C=O) groups excluding carboxylic acids is 2. The molecule has 1 aliphatic heterocycles. The van der Waals surface area contributed by atoms with Gasteiger partial charge in [-0.25, -0.2) is 0 Å². The summed E-state index contributed by atoms with van der Waals surface area (Å²) in [6, 6.07) is 5.68. The Bertz CT molecular complexity index is 520. The van der Waals surface area contributed by atoms with Crippen LogP contribution in [0, 0.1) is 11.8 Å². The summed E-state index contributed by atoms with van der Waals surface area (Å²) in [5.41, 5.74) is 0.869. The maximum absolute atomic E-state index is 12.2. The molecule has 1 aromatic rings. The molecule has 0 atom stereocenters. The van der Waals surface area contributed by atoms with Gasteiger partial charge in [0.25, 0.3) is 0 Å². The zero-order valence-electron chi connectivity index (χ0n) is 12.8. The lowest BCUT2D eigenvalue weighted by Crippen LogP contribution is -2.46. The summed E-state index contributed by atoms with van der Waals surface area (Å²) in [5.74, 6) is 0.670. The minimum absolute atomic E-state index is 0.0224. The molecule has 0 bridgehead atoms. The first-order valence-corrected chi connectivity index (χ1v) is 8.20. The number of carbonyl (C=O) groups is 2. The zero-order valence-corrected chi connectivity index (χ0v) is 12.8. The molecule has 0 aromatic carbocycles. The lowest BCUT2D eigenvalue weighted by molar-refractivity contribution is -0.141. The molecule has 1 aromatic heterocycles. The second kappa shape index (κ2) is 6.90. The highest BCUT2D eigenvalue weighted by Crippen LogP contribution is 2.30. The fraction of sp³-hybridized carbons (Fsp3) is 0.588. The molecule has 118 valence electrons. The van der Waals surface area contributed by atoms with Gasteiger partial charge in [0.1, 0.15) is 0 Å². The zero-order chi connectivity index (χ0) is 15.4. The van der Waals surface area contributed by atoms with Crippen molar-refractivity contribution in [1.82, 2.24) is 15.2 Å². The number of piperidine rings is 1. The van der Waals surface area contributed by atoms with Gasteiger partial charge in [0, 0.05) is 31.1 Å². The molecule has 5 nitrogen and oxygen atoms in total. The van der Waals surface area contributed by atoms with E-state index in [1.54, 1.807) is 6.20 Å². The van der Waals surface area contributed by atoms with E-state index >= 15 is 0 Å². The van der Waals surface area contributed by atoms with Crippen LogP contribution in [0.25, 0.3) is 0 Å². The van der Waals surface area contributed by atoms with Crippen molar-refractivity contribution < 1.29 is 9.59 Å². The van der Waals surface area contributed by atoms with Gasteiger partial charge in [-0.1, -0.05) is 12.5 Å². The third kappa shape index (κ3) is 3.46. The van der Waals surface area contributed by atoms with Crippen molar-refractivity contribution in [2.75, 3.05) is 13.1 Å². The summed E-state index contributed by atoms with van der Waals surface area (Å²) in [6.45, 7) is 1.91. The van der Waals surface area contributed by atoms with E-state index < -0.39 is 0 Å². The number of hydrogen-bond donors (Lipinski definition) is 1. The molecule has 3 rings (SSSR count). The molecule has 2 heterocycles. The summed E-state index contributed by atoms with van der Waals surface area (Å²) in [6.07, 6.45) is 6.54. The van der Waals surface area contributed by atoms with E-state index in [1.165, 1.54) is 6.42 Å². The van der Waals surface area contributed by atoms with Crippen molar-refractivity contribution in [3.8, 4) is 0 Å². The fourth-order valence-electron chi connectivity index (χ4n) is 3.10. The van der Waals surface area contributed by atoms with Crippen LogP contribution in [0.15, 0.2) is 24.4 Å². The summed E-state index contributed by atoms with van der Waals surface area (Å²) >= 11 is 0. The maximum atomic E-state index is 12.2. The largest absolute Gasteiger partial charge is 0.350 e. The summed E-state index contributed by atoms with van der Waals surface area (Å²) in [4.78, 5) is 30.5. The topological polar surface area (TPSA) is 62.3 Å². The van der Waals surface area contributed by atoms with Crippen LogP contribution in [0.4, 0.5) is 0 Å². The molecule has 0 radical (unpaired) electrons. The van der Waals surface area contributed by atoms with E-state index in [0.29, 0.717) is 12.5 Å². The van der Waals surface area contributed by atoms with Crippen LogP contribution in [0.5, 0.6) is 0 Å². The first-order chi connectivity index (χ1) is 10.7. The fourth-order valence-corrected chi connectivity index (χ4v) is 3.10. The maximum Gasteiger partial charge on any atom is 0.225 e. The van der Waals surface area contributed by atoms with Crippen LogP contribution >= 0.6 is 0 Å². The van der Waals surface area contributed by atoms with Crippen LogP contribution in [0.3, 0.4) is 0 Å². The summed E-state index contributed by atoms with van der Waals surface area (Å²) in [5, 5.41) is 2.95. The molecule has 2 aliphatic rings. The van der Waals surface area contributed by atoms with Crippen molar-refractivity contribution in [3.05, 3.63) is 30.1 Å². The van der Waals surface area contributed by atoms with Crippen LogP contribution in [-0.2, 0) is 16.1 Å². The number of aromatic nitrogens is 1. The Hall–Kier alpha value is -1.91. The van der Waals surface area contributed by atoms with Crippen LogP contribution < -0.4 is 5.32 Å². The summed E-state index contributed by atoms with van der Waals surface area (Å²) in [7, 11) is 0. The number of hydrogen-bond acceptors (Lipinski definition) is 3. The van der Waals surface area contributed by atoms with E-state index in [1.807, 2.05) is 23.1 Å². The molecule has 22 heavy (non-hydrogen) atoms. The van der Waals surface area contributed by atoms with E-state index in [9.17, 15) is 9.59 Å². The first-order valence-electron chi connectivity index (χ1n) is 8.20. The van der Waals surface area contributed by atoms with Gasteiger partial charge in [-0.3, -0.25) is 14.6 Å². The molecule has 5 heteroatoms. The Labute approximate surface area is 131 Å². The van der Waals surface area contributed by atoms with Crippen molar-refractivity contribution in [2.45, 2.75) is 38.6 Å². The number of rotatable bonds is 4. The quantitative estimate of drug-likeness (QED) is 0.921. The Kier molecular flexibility index (Phi) is 4.71.